The molecule has 0 aromatic carbocycles. The van der Waals surface area contributed by atoms with E-state index in [0.717, 1.165) is 24.4 Å². The van der Waals surface area contributed by atoms with E-state index < -0.39 is 18.6 Å². The van der Waals surface area contributed by atoms with Gasteiger partial charge in [-0.1, -0.05) is 20.8 Å². The van der Waals surface area contributed by atoms with E-state index in [1.807, 2.05) is 18.7 Å². The van der Waals surface area contributed by atoms with Gasteiger partial charge < -0.3 is 4.90 Å². The molecule has 0 aromatic rings. The minimum Gasteiger partial charge on any atom is -0.332 e. The van der Waals surface area contributed by atoms with Crippen molar-refractivity contribution in [1.82, 2.24) is 9.80 Å². The topological polar surface area (TPSA) is 23.6 Å². The number of carbonyl (C=O) groups is 1. The molecule has 1 heterocycles. The second-order valence-electron chi connectivity index (χ2n) is 5.91. The smallest absolute Gasteiger partial charge is 0.332 e. The Morgan fingerprint density at radius 1 is 1.42 bits per heavy atom. The van der Waals surface area contributed by atoms with Crippen molar-refractivity contribution in [3.63, 3.8) is 0 Å². The van der Waals surface area contributed by atoms with E-state index in [4.69, 9.17) is 0 Å². The van der Waals surface area contributed by atoms with E-state index in [9.17, 15) is 18.0 Å². The van der Waals surface area contributed by atoms with Gasteiger partial charge in [0.05, 0.1) is 6.54 Å². The number of halogens is 3. The Morgan fingerprint density at radius 3 is 2.47 bits per heavy atom. The van der Waals surface area contributed by atoms with Gasteiger partial charge in [-0.15, -0.1) is 0 Å². The molecule has 0 spiro atoms. The van der Waals surface area contributed by atoms with Gasteiger partial charge in [0.15, 0.2) is 0 Å². The standard InChI is InChI=1S/C13H23F3N2O/c1-10(2)6-18(9-13(14,15)16)12(19)8-17-5-4-11(3)7-17/h10-11H,4-9H2,1-3H3. The van der Waals surface area contributed by atoms with Crippen LogP contribution in [0.2, 0.25) is 0 Å². The van der Waals surface area contributed by atoms with E-state index >= 15 is 0 Å². The van der Waals surface area contributed by atoms with Crippen LogP contribution in [0.15, 0.2) is 0 Å². The fourth-order valence-corrected chi connectivity index (χ4v) is 2.37. The number of hydrogen-bond acceptors (Lipinski definition) is 2. The van der Waals surface area contributed by atoms with Gasteiger partial charge >= 0.3 is 6.18 Å². The lowest BCUT2D eigenvalue weighted by atomic mass is 10.2. The lowest BCUT2D eigenvalue weighted by Gasteiger charge is -2.27. The number of amides is 1. The molecule has 1 atom stereocenters. The SMILES string of the molecule is CC(C)CN(CC(F)(F)F)C(=O)CN1CCC(C)C1. The van der Waals surface area contributed by atoms with Gasteiger partial charge in [0.2, 0.25) is 5.91 Å². The molecule has 0 radical (unpaired) electrons. The van der Waals surface area contributed by atoms with Gasteiger partial charge in [0.25, 0.3) is 0 Å². The maximum atomic E-state index is 12.5. The van der Waals surface area contributed by atoms with Crippen molar-refractivity contribution in [1.29, 1.82) is 0 Å². The number of likely N-dealkylation sites (tertiary alicyclic amines) is 1. The Hall–Kier alpha value is -0.780. The van der Waals surface area contributed by atoms with Crippen LogP contribution in [-0.2, 0) is 4.79 Å². The van der Waals surface area contributed by atoms with Crippen molar-refractivity contribution in [2.24, 2.45) is 11.8 Å². The average Bonchev–Trinajstić information content (AvgIpc) is 2.60. The Labute approximate surface area is 112 Å². The monoisotopic (exact) mass is 280 g/mol. The van der Waals surface area contributed by atoms with Gasteiger partial charge in [0, 0.05) is 13.1 Å². The Balaban J connectivity index is 2.55. The van der Waals surface area contributed by atoms with Crippen molar-refractivity contribution < 1.29 is 18.0 Å². The molecule has 6 heteroatoms. The molecule has 1 amide bonds. The molecule has 19 heavy (non-hydrogen) atoms. The summed E-state index contributed by atoms with van der Waals surface area (Å²) in [6, 6.07) is 0. The summed E-state index contributed by atoms with van der Waals surface area (Å²) in [6.07, 6.45) is -3.32. The van der Waals surface area contributed by atoms with Crippen LogP contribution in [0.25, 0.3) is 0 Å². The molecule has 0 aliphatic carbocycles. The number of rotatable bonds is 5. The third-order valence-electron chi connectivity index (χ3n) is 3.18. The van der Waals surface area contributed by atoms with E-state index in [1.54, 1.807) is 0 Å². The van der Waals surface area contributed by atoms with Crippen LogP contribution in [0, 0.1) is 11.8 Å². The summed E-state index contributed by atoms with van der Waals surface area (Å²) in [7, 11) is 0. The highest BCUT2D eigenvalue weighted by Crippen LogP contribution is 2.19. The van der Waals surface area contributed by atoms with Gasteiger partial charge in [0.1, 0.15) is 6.54 Å². The number of hydrogen-bond donors (Lipinski definition) is 0. The normalized spacial score (nSPS) is 21.1. The minimum absolute atomic E-state index is 0.0313. The predicted molar refractivity (Wildman–Crippen MR) is 67.7 cm³/mol. The van der Waals surface area contributed by atoms with Crippen LogP contribution < -0.4 is 0 Å². The fraction of sp³-hybridized carbons (Fsp3) is 0.923. The summed E-state index contributed by atoms with van der Waals surface area (Å²) in [5, 5.41) is 0. The van der Waals surface area contributed by atoms with E-state index in [2.05, 4.69) is 6.92 Å². The molecule has 3 nitrogen and oxygen atoms in total. The molecular formula is C13H23F3N2O. The van der Waals surface area contributed by atoms with Gasteiger partial charge in [-0.05, 0) is 24.8 Å². The fourth-order valence-electron chi connectivity index (χ4n) is 2.37. The van der Waals surface area contributed by atoms with Crippen molar-refractivity contribution in [2.75, 3.05) is 32.7 Å². The first kappa shape index (κ1) is 16.3. The number of carbonyl (C=O) groups excluding carboxylic acids is 1. The van der Waals surface area contributed by atoms with Crippen LogP contribution in [0.4, 0.5) is 13.2 Å². The number of alkyl halides is 3. The zero-order valence-corrected chi connectivity index (χ0v) is 11.8. The maximum Gasteiger partial charge on any atom is 0.406 e. The lowest BCUT2D eigenvalue weighted by molar-refractivity contribution is -0.162. The average molecular weight is 280 g/mol. The van der Waals surface area contributed by atoms with Crippen LogP contribution >= 0.6 is 0 Å². The summed E-state index contributed by atoms with van der Waals surface area (Å²) < 4.78 is 37.5. The first-order valence-electron chi connectivity index (χ1n) is 6.74. The van der Waals surface area contributed by atoms with E-state index in [1.165, 1.54) is 0 Å². The van der Waals surface area contributed by atoms with Crippen LogP contribution in [-0.4, -0.2) is 54.6 Å². The largest absolute Gasteiger partial charge is 0.406 e. The van der Waals surface area contributed by atoms with Crippen LogP contribution in [0.3, 0.4) is 0 Å². The summed E-state index contributed by atoms with van der Waals surface area (Å²) in [6.45, 7) is 6.43. The highest BCUT2D eigenvalue weighted by molar-refractivity contribution is 5.78. The first-order chi connectivity index (χ1) is 8.67. The quantitative estimate of drug-likeness (QED) is 0.772. The van der Waals surface area contributed by atoms with E-state index in [-0.39, 0.29) is 19.0 Å². The highest BCUT2D eigenvalue weighted by atomic mass is 19.4. The molecule has 0 bridgehead atoms. The van der Waals surface area contributed by atoms with Gasteiger partial charge in [-0.3, -0.25) is 9.69 Å². The second kappa shape index (κ2) is 6.59. The zero-order valence-electron chi connectivity index (χ0n) is 11.8. The molecule has 0 N–H and O–H groups in total. The maximum absolute atomic E-state index is 12.5. The molecule has 1 saturated heterocycles. The Morgan fingerprint density at radius 2 is 2.05 bits per heavy atom. The molecular weight excluding hydrogens is 257 g/mol. The molecule has 0 aromatic heterocycles. The summed E-state index contributed by atoms with van der Waals surface area (Å²) in [5.41, 5.74) is 0. The molecule has 112 valence electrons. The van der Waals surface area contributed by atoms with Crippen molar-refractivity contribution >= 4 is 5.91 Å². The summed E-state index contributed by atoms with van der Waals surface area (Å²) >= 11 is 0. The minimum atomic E-state index is -4.33. The molecule has 1 unspecified atom stereocenters. The first-order valence-corrected chi connectivity index (χ1v) is 6.74. The highest BCUT2D eigenvalue weighted by Gasteiger charge is 2.34. The molecule has 1 rings (SSSR count). The second-order valence-corrected chi connectivity index (χ2v) is 5.91. The van der Waals surface area contributed by atoms with Gasteiger partial charge in [-0.25, -0.2) is 0 Å². The third-order valence-corrected chi connectivity index (χ3v) is 3.18. The van der Waals surface area contributed by atoms with Crippen molar-refractivity contribution in [2.45, 2.75) is 33.4 Å². The molecule has 1 fully saturated rings. The summed E-state index contributed by atoms with van der Waals surface area (Å²) in [4.78, 5) is 14.9. The molecule has 1 aliphatic heterocycles. The Bertz CT molecular complexity index is 305. The van der Waals surface area contributed by atoms with E-state index in [0.29, 0.717) is 5.92 Å². The van der Waals surface area contributed by atoms with Crippen LogP contribution in [0.1, 0.15) is 27.2 Å². The Kier molecular flexibility index (Phi) is 5.64. The zero-order chi connectivity index (χ0) is 14.6. The lowest BCUT2D eigenvalue weighted by Crippen LogP contribution is -2.45. The molecule has 0 saturated carbocycles. The number of nitrogens with zero attached hydrogens (tertiary/aromatic N) is 2. The van der Waals surface area contributed by atoms with Crippen molar-refractivity contribution in [3.8, 4) is 0 Å². The van der Waals surface area contributed by atoms with Gasteiger partial charge in [-0.2, -0.15) is 13.2 Å². The third kappa shape index (κ3) is 6.27. The molecule has 1 aliphatic rings. The van der Waals surface area contributed by atoms with Crippen LogP contribution in [0.5, 0.6) is 0 Å². The predicted octanol–water partition coefficient (Wildman–Crippen LogP) is 2.38. The van der Waals surface area contributed by atoms with Crippen molar-refractivity contribution in [3.05, 3.63) is 0 Å². The summed E-state index contributed by atoms with van der Waals surface area (Å²) in [5.74, 6) is 0.137.